The Labute approximate surface area is 166 Å². The third-order valence-corrected chi connectivity index (χ3v) is 5.76. The fourth-order valence-electron chi connectivity index (χ4n) is 2.50. The quantitative estimate of drug-likeness (QED) is 0.388. The van der Waals surface area contributed by atoms with Crippen LogP contribution in [0.25, 0.3) is 20.8 Å². The van der Waals surface area contributed by atoms with Gasteiger partial charge in [-0.05, 0) is 76.9 Å². The van der Waals surface area contributed by atoms with Crippen molar-refractivity contribution in [3.8, 4) is 10.6 Å². The molecule has 7 heteroatoms. The van der Waals surface area contributed by atoms with E-state index in [9.17, 15) is 4.79 Å². The van der Waals surface area contributed by atoms with Crippen LogP contribution in [-0.2, 0) is 0 Å². The first-order valence-electron chi connectivity index (χ1n) is 7.73. The Bertz CT molecular complexity index is 1080. The van der Waals surface area contributed by atoms with Gasteiger partial charge in [0.1, 0.15) is 5.01 Å². The molecule has 0 fully saturated rings. The standard InChI is InChI=1S/C19H12BrClN2O2S/c1-10-8-16-14(9-13(10)21)23-19(26-16)11-2-4-12(5-3-11)22-18(24)15-6-7-17(20)25-15/h2-9H,1H3,(H,22,24). The number of fused-ring (bicyclic) bond motifs is 1. The summed E-state index contributed by atoms with van der Waals surface area (Å²) in [6.45, 7) is 1.98. The first kappa shape index (κ1) is 17.3. The largest absolute Gasteiger partial charge is 0.444 e. The summed E-state index contributed by atoms with van der Waals surface area (Å²) < 4.78 is 6.87. The van der Waals surface area contributed by atoms with Crippen LogP contribution in [0.1, 0.15) is 16.1 Å². The molecule has 0 unspecified atom stereocenters. The second-order valence-electron chi connectivity index (χ2n) is 5.72. The van der Waals surface area contributed by atoms with Gasteiger partial charge in [0.2, 0.25) is 0 Å². The molecule has 1 amide bonds. The van der Waals surface area contributed by atoms with Gasteiger partial charge in [0.15, 0.2) is 10.4 Å². The van der Waals surface area contributed by atoms with E-state index < -0.39 is 0 Å². The number of anilines is 1. The van der Waals surface area contributed by atoms with Crippen LogP contribution in [0, 0.1) is 6.92 Å². The molecule has 2 heterocycles. The summed E-state index contributed by atoms with van der Waals surface area (Å²) in [4.78, 5) is 16.8. The Morgan fingerprint density at radius 2 is 1.96 bits per heavy atom. The van der Waals surface area contributed by atoms with E-state index in [-0.39, 0.29) is 11.7 Å². The van der Waals surface area contributed by atoms with Gasteiger partial charge in [-0.25, -0.2) is 4.98 Å². The number of nitrogens with zero attached hydrogens (tertiary/aromatic N) is 1. The van der Waals surface area contributed by atoms with Crippen molar-refractivity contribution in [2.75, 3.05) is 5.32 Å². The number of amides is 1. The number of aryl methyl sites for hydroxylation is 1. The highest BCUT2D eigenvalue weighted by atomic mass is 79.9. The first-order valence-corrected chi connectivity index (χ1v) is 9.72. The van der Waals surface area contributed by atoms with Gasteiger partial charge in [0.05, 0.1) is 10.2 Å². The van der Waals surface area contributed by atoms with Crippen LogP contribution < -0.4 is 5.32 Å². The average molecular weight is 448 g/mol. The molecule has 4 nitrogen and oxygen atoms in total. The zero-order valence-electron chi connectivity index (χ0n) is 13.5. The Morgan fingerprint density at radius 3 is 2.65 bits per heavy atom. The van der Waals surface area contributed by atoms with E-state index >= 15 is 0 Å². The van der Waals surface area contributed by atoms with Gasteiger partial charge in [0.25, 0.3) is 5.91 Å². The summed E-state index contributed by atoms with van der Waals surface area (Å²) in [6.07, 6.45) is 0. The fourth-order valence-corrected chi connectivity index (χ4v) is 4.01. The van der Waals surface area contributed by atoms with Gasteiger partial charge in [0, 0.05) is 16.3 Å². The number of hydrogen-bond acceptors (Lipinski definition) is 4. The van der Waals surface area contributed by atoms with E-state index in [2.05, 4.69) is 32.3 Å². The van der Waals surface area contributed by atoms with E-state index in [1.165, 1.54) is 0 Å². The SMILES string of the molecule is Cc1cc2sc(-c3ccc(NC(=O)c4ccc(Br)o4)cc3)nc2cc1Cl. The molecule has 0 bridgehead atoms. The van der Waals surface area contributed by atoms with Gasteiger partial charge in [-0.1, -0.05) is 11.6 Å². The Hall–Kier alpha value is -2.15. The molecule has 0 aliphatic heterocycles. The third-order valence-electron chi connectivity index (χ3n) is 3.86. The minimum absolute atomic E-state index is 0.249. The highest BCUT2D eigenvalue weighted by molar-refractivity contribution is 9.10. The van der Waals surface area contributed by atoms with E-state index in [4.69, 9.17) is 16.0 Å². The van der Waals surface area contributed by atoms with Gasteiger partial charge < -0.3 is 9.73 Å². The van der Waals surface area contributed by atoms with Crippen molar-refractivity contribution in [2.45, 2.75) is 6.92 Å². The first-order chi connectivity index (χ1) is 12.5. The van der Waals surface area contributed by atoms with E-state index in [0.29, 0.717) is 10.4 Å². The molecule has 2 aromatic heterocycles. The molecule has 4 aromatic rings. The molecule has 130 valence electrons. The molecular weight excluding hydrogens is 436 g/mol. The lowest BCUT2D eigenvalue weighted by Gasteiger charge is -2.04. The third kappa shape index (κ3) is 3.40. The minimum atomic E-state index is -0.298. The van der Waals surface area contributed by atoms with Crippen LogP contribution in [0.3, 0.4) is 0 Å². The van der Waals surface area contributed by atoms with Gasteiger partial charge in [-0.3, -0.25) is 4.79 Å². The summed E-state index contributed by atoms with van der Waals surface area (Å²) in [5, 5.41) is 4.43. The molecule has 0 radical (unpaired) electrons. The highest BCUT2D eigenvalue weighted by Crippen LogP contribution is 2.33. The molecular formula is C19H12BrClN2O2S. The zero-order valence-corrected chi connectivity index (χ0v) is 16.7. The van der Waals surface area contributed by atoms with Crippen LogP contribution in [0.15, 0.2) is 57.6 Å². The number of nitrogens with one attached hydrogen (secondary N) is 1. The van der Waals surface area contributed by atoms with Crippen LogP contribution >= 0.6 is 38.9 Å². The minimum Gasteiger partial charge on any atom is -0.444 e. The normalized spacial score (nSPS) is 11.0. The molecule has 0 aliphatic carbocycles. The maximum Gasteiger partial charge on any atom is 0.291 e. The van der Waals surface area contributed by atoms with Crippen molar-refractivity contribution in [1.29, 1.82) is 0 Å². The number of rotatable bonds is 3. The predicted octanol–water partition coefficient (Wildman–Crippen LogP) is 6.53. The summed E-state index contributed by atoms with van der Waals surface area (Å²) in [6, 6.07) is 14.8. The smallest absolute Gasteiger partial charge is 0.291 e. The summed E-state index contributed by atoms with van der Waals surface area (Å²) >= 11 is 11.0. The maximum absolute atomic E-state index is 12.1. The fraction of sp³-hybridized carbons (Fsp3) is 0.0526. The van der Waals surface area contributed by atoms with Gasteiger partial charge in [-0.15, -0.1) is 11.3 Å². The molecule has 4 rings (SSSR count). The van der Waals surface area contributed by atoms with Crippen molar-refractivity contribution >= 4 is 60.7 Å². The number of carbonyl (C=O) groups excluding carboxylic acids is 1. The molecule has 0 saturated carbocycles. The molecule has 0 saturated heterocycles. The van der Waals surface area contributed by atoms with Crippen LogP contribution in [-0.4, -0.2) is 10.9 Å². The van der Waals surface area contributed by atoms with Crippen LogP contribution in [0.2, 0.25) is 5.02 Å². The van der Waals surface area contributed by atoms with Gasteiger partial charge >= 0.3 is 0 Å². The second-order valence-corrected chi connectivity index (χ2v) is 7.94. The number of furan rings is 1. The van der Waals surface area contributed by atoms with Crippen molar-refractivity contribution < 1.29 is 9.21 Å². The number of thiazole rings is 1. The zero-order chi connectivity index (χ0) is 18.3. The summed E-state index contributed by atoms with van der Waals surface area (Å²) in [7, 11) is 0. The van der Waals surface area contributed by atoms with Crippen molar-refractivity contribution in [2.24, 2.45) is 0 Å². The molecule has 0 atom stereocenters. The van der Waals surface area contributed by atoms with Crippen LogP contribution in [0.4, 0.5) is 5.69 Å². The molecule has 0 spiro atoms. The van der Waals surface area contributed by atoms with E-state index in [1.807, 2.05) is 37.3 Å². The van der Waals surface area contributed by atoms with Gasteiger partial charge in [-0.2, -0.15) is 0 Å². The van der Waals surface area contributed by atoms with E-state index in [1.54, 1.807) is 23.5 Å². The predicted molar refractivity (Wildman–Crippen MR) is 109 cm³/mol. The van der Waals surface area contributed by atoms with Crippen molar-refractivity contribution in [3.63, 3.8) is 0 Å². The summed E-state index contributed by atoms with van der Waals surface area (Å²) in [5.41, 5.74) is 3.60. The summed E-state index contributed by atoms with van der Waals surface area (Å²) in [5.74, 6) is -0.0482. The molecule has 26 heavy (non-hydrogen) atoms. The monoisotopic (exact) mass is 446 g/mol. The topological polar surface area (TPSA) is 55.1 Å². The number of carbonyl (C=O) groups is 1. The number of benzene rings is 2. The molecule has 0 aliphatic rings. The van der Waals surface area contributed by atoms with Crippen LogP contribution in [0.5, 0.6) is 0 Å². The lowest BCUT2D eigenvalue weighted by molar-refractivity contribution is 0.0995. The van der Waals surface area contributed by atoms with Crippen molar-refractivity contribution in [3.05, 3.63) is 69.5 Å². The maximum atomic E-state index is 12.1. The Balaban J connectivity index is 1.57. The number of aromatic nitrogens is 1. The Kier molecular flexibility index (Phi) is 4.56. The average Bonchev–Trinajstić information content (AvgIpc) is 3.22. The molecule has 1 N–H and O–H groups in total. The lowest BCUT2D eigenvalue weighted by Crippen LogP contribution is -2.10. The Morgan fingerprint density at radius 1 is 1.19 bits per heavy atom. The number of halogens is 2. The number of hydrogen-bond donors (Lipinski definition) is 1. The van der Waals surface area contributed by atoms with Crippen molar-refractivity contribution in [1.82, 2.24) is 4.98 Å². The lowest BCUT2D eigenvalue weighted by atomic mass is 10.2. The highest BCUT2D eigenvalue weighted by Gasteiger charge is 2.12. The second kappa shape index (κ2) is 6.87. The molecule has 2 aromatic carbocycles. The van der Waals surface area contributed by atoms with E-state index in [0.717, 1.165) is 31.4 Å².